The number of rotatable bonds is 4. The van der Waals surface area contributed by atoms with E-state index < -0.39 is 10.0 Å². The van der Waals surface area contributed by atoms with Crippen LogP contribution in [0.15, 0.2) is 23.1 Å². The van der Waals surface area contributed by atoms with Gasteiger partial charge in [0.2, 0.25) is 10.0 Å². The van der Waals surface area contributed by atoms with Crippen LogP contribution < -0.4 is 15.2 Å². The monoisotopic (exact) mass is 310 g/mol. The first-order valence-electron chi connectivity index (χ1n) is 6.54. The summed E-state index contributed by atoms with van der Waals surface area (Å²) in [7, 11) is -2.26. The normalized spacial score (nSPS) is 18.1. The number of ether oxygens (including phenoxy) is 2. The Bertz CT molecular complexity index is 655. The van der Waals surface area contributed by atoms with Crippen molar-refractivity contribution in [3.8, 4) is 17.6 Å². The van der Waals surface area contributed by atoms with E-state index in [4.69, 9.17) is 15.2 Å². The largest absolute Gasteiger partial charge is 0.495 e. The standard InChI is InChI=1S/C14H18N2O4S/c1-19-13-5-4-11(3-2-7-15)9-14(13)21(17,18)16-12-6-8-20-10-12/h4-5,9,12,16H,6-8,10,15H2,1H3. The molecular formula is C14H18N2O4S. The summed E-state index contributed by atoms with van der Waals surface area (Å²) >= 11 is 0. The molecule has 1 heterocycles. The summed E-state index contributed by atoms with van der Waals surface area (Å²) < 4.78 is 37.9. The van der Waals surface area contributed by atoms with Gasteiger partial charge >= 0.3 is 0 Å². The summed E-state index contributed by atoms with van der Waals surface area (Å²) in [6.45, 7) is 1.16. The summed E-state index contributed by atoms with van der Waals surface area (Å²) in [4.78, 5) is 0.0701. The average Bonchev–Trinajstić information content (AvgIpc) is 2.97. The number of hydrogen-bond donors (Lipinski definition) is 2. The zero-order chi connectivity index (χ0) is 15.3. The van der Waals surface area contributed by atoms with E-state index in [0.29, 0.717) is 25.2 Å². The van der Waals surface area contributed by atoms with E-state index in [1.165, 1.54) is 13.2 Å². The van der Waals surface area contributed by atoms with Gasteiger partial charge in [-0.3, -0.25) is 0 Å². The molecule has 7 heteroatoms. The quantitative estimate of drug-likeness (QED) is 0.768. The fourth-order valence-corrected chi connectivity index (χ4v) is 3.48. The topological polar surface area (TPSA) is 90.7 Å². The van der Waals surface area contributed by atoms with Crippen molar-refractivity contribution in [2.75, 3.05) is 26.9 Å². The van der Waals surface area contributed by atoms with Crippen molar-refractivity contribution >= 4 is 10.0 Å². The number of benzene rings is 1. The first-order valence-corrected chi connectivity index (χ1v) is 8.02. The molecular weight excluding hydrogens is 292 g/mol. The van der Waals surface area contributed by atoms with Crippen molar-refractivity contribution in [2.45, 2.75) is 17.4 Å². The van der Waals surface area contributed by atoms with Crippen LogP contribution in [0.4, 0.5) is 0 Å². The lowest BCUT2D eigenvalue weighted by Gasteiger charge is -2.14. The number of nitrogens with two attached hydrogens (primary N) is 1. The van der Waals surface area contributed by atoms with Crippen molar-refractivity contribution in [1.82, 2.24) is 4.72 Å². The Morgan fingerprint density at radius 3 is 2.95 bits per heavy atom. The van der Waals surface area contributed by atoms with E-state index in [1.807, 2.05) is 0 Å². The van der Waals surface area contributed by atoms with Gasteiger partial charge in [-0.05, 0) is 24.6 Å². The SMILES string of the molecule is COc1ccc(C#CCN)cc1S(=O)(=O)NC1CCOC1. The fraction of sp³-hybridized carbons (Fsp3) is 0.429. The van der Waals surface area contributed by atoms with Crippen LogP contribution in [0.3, 0.4) is 0 Å². The lowest BCUT2D eigenvalue weighted by Crippen LogP contribution is -2.35. The molecule has 0 bridgehead atoms. The molecule has 0 aromatic heterocycles. The van der Waals surface area contributed by atoms with Crippen molar-refractivity contribution in [3.05, 3.63) is 23.8 Å². The molecule has 1 aromatic carbocycles. The van der Waals surface area contributed by atoms with E-state index in [1.54, 1.807) is 12.1 Å². The van der Waals surface area contributed by atoms with Gasteiger partial charge in [0.1, 0.15) is 10.6 Å². The van der Waals surface area contributed by atoms with Crippen LogP contribution >= 0.6 is 0 Å². The summed E-state index contributed by atoms with van der Waals surface area (Å²) in [5, 5.41) is 0. The lowest BCUT2D eigenvalue weighted by atomic mass is 10.2. The van der Waals surface area contributed by atoms with E-state index in [9.17, 15) is 8.42 Å². The van der Waals surface area contributed by atoms with E-state index in [2.05, 4.69) is 16.6 Å². The molecule has 6 nitrogen and oxygen atoms in total. The predicted molar refractivity (Wildman–Crippen MR) is 78.5 cm³/mol. The summed E-state index contributed by atoms with van der Waals surface area (Å²) in [5.41, 5.74) is 5.90. The highest BCUT2D eigenvalue weighted by atomic mass is 32.2. The van der Waals surface area contributed by atoms with Crippen molar-refractivity contribution in [1.29, 1.82) is 0 Å². The summed E-state index contributed by atoms with van der Waals surface area (Å²) in [6, 6.07) is 4.55. The van der Waals surface area contributed by atoms with Gasteiger partial charge in [-0.15, -0.1) is 0 Å². The highest BCUT2D eigenvalue weighted by Crippen LogP contribution is 2.25. The molecule has 3 N–H and O–H groups in total. The van der Waals surface area contributed by atoms with Gasteiger partial charge < -0.3 is 15.2 Å². The zero-order valence-corrected chi connectivity index (χ0v) is 12.6. The van der Waals surface area contributed by atoms with Gasteiger partial charge in [-0.25, -0.2) is 13.1 Å². The van der Waals surface area contributed by atoms with E-state index in [0.717, 1.165) is 0 Å². The maximum absolute atomic E-state index is 12.5. The molecule has 1 aliphatic heterocycles. The second-order valence-electron chi connectivity index (χ2n) is 4.55. The van der Waals surface area contributed by atoms with Crippen LogP contribution in [0.25, 0.3) is 0 Å². The Morgan fingerprint density at radius 1 is 1.52 bits per heavy atom. The summed E-state index contributed by atoms with van der Waals surface area (Å²) in [6.07, 6.45) is 0.661. The Morgan fingerprint density at radius 2 is 2.33 bits per heavy atom. The number of sulfonamides is 1. The second-order valence-corrected chi connectivity index (χ2v) is 6.24. The Kier molecular flexibility index (Phi) is 5.20. The third-order valence-electron chi connectivity index (χ3n) is 3.04. The van der Waals surface area contributed by atoms with Gasteiger partial charge in [0.25, 0.3) is 0 Å². The molecule has 114 valence electrons. The Hall–Kier alpha value is -1.59. The van der Waals surface area contributed by atoms with Crippen LogP contribution in [-0.4, -0.2) is 41.3 Å². The highest BCUT2D eigenvalue weighted by Gasteiger charge is 2.26. The smallest absolute Gasteiger partial charge is 0.244 e. The van der Waals surface area contributed by atoms with Crippen molar-refractivity contribution < 1.29 is 17.9 Å². The molecule has 0 spiro atoms. The predicted octanol–water partition coefficient (Wildman–Crippen LogP) is 0.0726. The number of hydrogen-bond acceptors (Lipinski definition) is 5. The molecule has 1 aromatic rings. The van der Waals surface area contributed by atoms with Gasteiger partial charge in [-0.1, -0.05) is 11.8 Å². The minimum Gasteiger partial charge on any atom is -0.495 e. The maximum atomic E-state index is 12.5. The molecule has 1 fully saturated rings. The minimum atomic E-state index is -3.69. The molecule has 1 saturated heterocycles. The average molecular weight is 310 g/mol. The number of methoxy groups -OCH3 is 1. The molecule has 2 rings (SSSR count). The Labute approximate surface area is 124 Å². The van der Waals surface area contributed by atoms with Crippen molar-refractivity contribution in [2.24, 2.45) is 5.73 Å². The lowest BCUT2D eigenvalue weighted by molar-refractivity contribution is 0.192. The van der Waals surface area contributed by atoms with Crippen LogP contribution in [-0.2, 0) is 14.8 Å². The zero-order valence-electron chi connectivity index (χ0n) is 11.8. The highest BCUT2D eigenvalue weighted by molar-refractivity contribution is 7.89. The number of nitrogens with one attached hydrogen (secondary N) is 1. The third kappa shape index (κ3) is 3.95. The minimum absolute atomic E-state index is 0.0701. The molecule has 1 atom stereocenters. The molecule has 0 radical (unpaired) electrons. The Balaban J connectivity index is 2.34. The molecule has 1 aliphatic rings. The second kappa shape index (κ2) is 6.91. The first kappa shape index (κ1) is 15.8. The van der Waals surface area contributed by atoms with Crippen LogP contribution in [0, 0.1) is 11.8 Å². The molecule has 0 amide bonds. The first-order chi connectivity index (χ1) is 10.1. The molecule has 21 heavy (non-hydrogen) atoms. The van der Waals surface area contributed by atoms with Gasteiger partial charge in [0.05, 0.1) is 20.3 Å². The third-order valence-corrected chi connectivity index (χ3v) is 4.58. The van der Waals surface area contributed by atoms with Gasteiger partial charge in [0.15, 0.2) is 0 Å². The van der Waals surface area contributed by atoms with Crippen LogP contribution in [0.2, 0.25) is 0 Å². The fourth-order valence-electron chi connectivity index (χ4n) is 2.03. The molecule has 0 saturated carbocycles. The van der Waals surface area contributed by atoms with Crippen molar-refractivity contribution in [3.63, 3.8) is 0 Å². The maximum Gasteiger partial charge on any atom is 0.244 e. The molecule has 1 unspecified atom stereocenters. The van der Waals surface area contributed by atoms with E-state index in [-0.39, 0.29) is 23.2 Å². The van der Waals surface area contributed by atoms with Gasteiger partial charge in [-0.2, -0.15) is 0 Å². The van der Waals surface area contributed by atoms with E-state index >= 15 is 0 Å². The summed E-state index contributed by atoms with van der Waals surface area (Å²) in [5.74, 6) is 5.79. The van der Waals surface area contributed by atoms with Gasteiger partial charge in [0, 0.05) is 18.2 Å². The molecule has 0 aliphatic carbocycles. The van der Waals surface area contributed by atoms with Crippen LogP contribution in [0.5, 0.6) is 5.75 Å². The van der Waals surface area contributed by atoms with Crippen LogP contribution in [0.1, 0.15) is 12.0 Å².